The van der Waals surface area contributed by atoms with E-state index in [4.69, 9.17) is 9.84 Å². The zero-order chi connectivity index (χ0) is 17.0. The van der Waals surface area contributed by atoms with Crippen LogP contribution in [0.4, 0.5) is 5.69 Å². The van der Waals surface area contributed by atoms with Crippen LogP contribution in [0, 0.1) is 0 Å². The summed E-state index contributed by atoms with van der Waals surface area (Å²) in [6, 6.07) is 8.47. The zero-order valence-corrected chi connectivity index (χ0v) is 15.0. The number of carbonyl (C=O) groups excluding carboxylic acids is 1. The Morgan fingerprint density at radius 3 is 2.65 bits per heavy atom. The van der Waals surface area contributed by atoms with Crippen LogP contribution in [0.25, 0.3) is 0 Å². The van der Waals surface area contributed by atoms with Gasteiger partial charge in [0, 0.05) is 17.7 Å². The van der Waals surface area contributed by atoms with Crippen LogP contribution in [0.2, 0.25) is 0 Å². The fourth-order valence-corrected chi connectivity index (χ4v) is 3.55. The molecule has 1 unspecified atom stereocenters. The number of thiophene rings is 1. The first-order valence-corrected chi connectivity index (χ1v) is 8.44. The van der Waals surface area contributed by atoms with Crippen molar-refractivity contribution in [2.45, 2.75) is 19.4 Å². The number of nitrogens with one attached hydrogen (secondary N) is 1. The molecule has 5 nitrogen and oxygen atoms in total. The van der Waals surface area contributed by atoms with Crippen LogP contribution >= 0.6 is 27.3 Å². The molecule has 0 aliphatic heterocycles. The summed E-state index contributed by atoms with van der Waals surface area (Å²) in [5.41, 5.74) is 1.25. The van der Waals surface area contributed by atoms with Crippen molar-refractivity contribution in [2.75, 3.05) is 12.4 Å². The van der Waals surface area contributed by atoms with Crippen molar-refractivity contribution in [2.24, 2.45) is 0 Å². The van der Waals surface area contributed by atoms with Gasteiger partial charge in [-0.2, -0.15) is 0 Å². The summed E-state index contributed by atoms with van der Waals surface area (Å²) < 4.78 is 5.99. The number of carbonyl (C=O) groups is 2. The topological polar surface area (TPSA) is 75.6 Å². The van der Waals surface area contributed by atoms with E-state index in [1.165, 1.54) is 30.6 Å². The Morgan fingerprint density at radius 1 is 1.35 bits per heavy atom. The average Bonchev–Trinajstić information content (AvgIpc) is 2.93. The molecular formula is C16H16BrNO4S. The van der Waals surface area contributed by atoms with E-state index < -0.39 is 5.97 Å². The lowest BCUT2D eigenvalue weighted by Crippen LogP contribution is -2.18. The Balaban J connectivity index is 2.20. The molecule has 0 aliphatic carbocycles. The van der Waals surface area contributed by atoms with Crippen LogP contribution in [0.3, 0.4) is 0 Å². The number of hydrogen-bond acceptors (Lipinski definition) is 4. The number of aromatic carboxylic acids is 1. The van der Waals surface area contributed by atoms with Crippen molar-refractivity contribution >= 4 is 44.8 Å². The number of methoxy groups -OCH3 is 1. The molecule has 7 heteroatoms. The molecule has 1 heterocycles. The van der Waals surface area contributed by atoms with Gasteiger partial charge in [0.15, 0.2) is 0 Å². The maximum absolute atomic E-state index is 12.4. The molecule has 1 aromatic carbocycles. The summed E-state index contributed by atoms with van der Waals surface area (Å²) in [7, 11) is 1.53. The van der Waals surface area contributed by atoms with E-state index in [1.54, 1.807) is 6.07 Å². The normalized spacial score (nSPS) is 12.0. The van der Waals surface area contributed by atoms with Crippen molar-refractivity contribution in [3.63, 3.8) is 0 Å². The van der Waals surface area contributed by atoms with E-state index in [0.29, 0.717) is 11.3 Å². The maximum Gasteiger partial charge on any atom is 0.335 e. The molecule has 0 fully saturated rings. The number of halogens is 1. The van der Waals surface area contributed by atoms with Crippen molar-refractivity contribution < 1.29 is 19.4 Å². The van der Waals surface area contributed by atoms with Gasteiger partial charge in [0.25, 0.3) is 0 Å². The van der Waals surface area contributed by atoms with Crippen LogP contribution in [0.1, 0.15) is 33.6 Å². The number of amides is 1. The minimum Gasteiger partial charge on any atom is -0.478 e. The quantitative estimate of drug-likeness (QED) is 0.769. The number of rotatable bonds is 6. The van der Waals surface area contributed by atoms with Crippen LogP contribution in [0.5, 0.6) is 0 Å². The monoisotopic (exact) mass is 397 g/mol. The molecular weight excluding hydrogens is 382 g/mol. The molecule has 1 amide bonds. The first kappa shape index (κ1) is 17.7. The molecule has 23 heavy (non-hydrogen) atoms. The number of ether oxygens (including phenoxy) is 1. The molecule has 0 saturated carbocycles. The second-order valence-electron chi connectivity index (χ2n) is 5.01. The highest BCUT2D eigenvalue weighted by atomic mass is 79.9. The fourth-order valence-electron chi connectivity index (χ4n) is 2.08. The van der Waals surface area contributed by atoms with E-state index >= 15 is 0 Å². The van der Waals surface area contributed by atoms with Gasteiger partial charge in [0.1, 0.15) is 0 Å². The van der Waals surface area contributed by atoms with Gasteiger partial charge < -0.3 is 15.2 Å². The SMILES string of the molecule is COCc1cc(NC(=O)C(C)c2ccc(Br)s2)cc(C(=O)O)c1. The second-order valence-corrected chi connectivity index (χ2v) is 7.50. The summed E-state index contributed by atoms with van der Waals surface area (Å²) in [6.45, 7) is 2.09. The Kier molecular flexibility index (Phi) is 5.92. The lowest BCUT2D eigenvalue weighted by atomic mass is 10.1. The minimum absolute atomic E-state index is 0.112. The average molecular weight is 398 g/mol. The van der Waals surface area contributed by atoms with Gasteiger partial charge in [-0.15, -0.1) is 11.3 Å². The Hall–Kier alpha value is -1.70. The number of carboxylic acids is 1. The van der Waals surface area contributed by atoms with Crippen molar-refractivity contribution in [3.8, 4) is 0 Å². The molecule has 122 valence electrons. The summed E-state index contributed by atoms with van der Waals surface area (Å²) in [6.07, 6.45) is 0. The molecule has 0 bridgehead atoms. The van der Waals surface area contributed by atoms with Gasteiger partial charge in [0.2, 0.25) is 5.91 Å². The van der Waals surface area contributed by atoms with E-state index in [1.807, 2.05) is 19.1 Å². The van der Waals surface area contributed by atoms with Crippen molar-refractivity contribution in [3.05, 3.63) is 50.1 Å². The van der Waals surface area contributed by atoms with Crippen molar-refractivity contribution in [1.82, 2.24) is 0 Å². The molecule has 0 aliphatic rings. The van der Waals surface area contributed by atoms with E-state index in [0.717, 1.165) is 8.66 Å². The highest BCUT2D eigenvalue weighted by Gasteiger charge is 2.18. The standard InChI is InChI=1S/C16H16BrNO4S/c1-9(13-3-4-14(17)23-13)15(19)18-12-6-10(8-22-2)5-11(7-12)16(20)21/h3-7,9H,8H2,1-2H3,(H,18,19)(H,20,21). The van der Waals surface area contributed by atoms with Gasteiger partial charge >= 0.3 is 5.97 Å². The molecule has 2 N–H and O–H groups in total. The number of benzene rings is 1. The number of carboxylic acid groups (broad SMARTS) is 1. The number of hydrogen-bond donors (Lipinski definition) is 2. The van der Waals surface area contributed by atoms with Crippen molar-refractivity contribution in [1.29, 1.82) is 0 Å². The van der Waals surface area contributed by atoms with Gasteiger partial charge in [0.05, 0.1) is 21.9 Å². The second kappa shape index (κ2) is 7.72. The molecule has 2 aromatic rings. The van der Waals surface area contributed by atoms with Crippen LogP contribution in [-0.4, -0.2) is 24.1 Å². The minimum atomic E-state index is -1.05. The largest absolute Gasteiger partial charge is 0.478 e. The van der Waals surface area contributed by atoms with Crippen LogP contribution in [-0.2, 0) is 16.1 Å². The first-order valence-electron chi connectivity index (χ1n) is 6.83. The molecule has 0 spiro atoms. The Labute approximate surface area is 146 Å². The summed E-state index contributed by atoms with van der Waals surface area (Å²) in [4.78, 5) is 24.5. The van der Waals surface area contributed by atoms with Gasteiger partial charge in [-0.1, -0.05) is 0 Å². The predicted octanol–water partition coefficient (Wildman–Crippen LogP) is 4.10. The molecule has 1 atom stereocenters. The molecule has 0 saturated heterocycles. The smallest absolute Gasteiger partial charge is 0.335 e. The summed E-state index contributed by atoms with van der Waals surface area (Å²) in [5, 5.41) is 11.9. The van der Waals surface area contributed by atoms with Gasteiger partial charge in [-0.25, -0.2) is 4.79 Å². The highest BCUT2D eigenvalue weighted by molar-refractivity contribution is 9.11. The summed E-state index contributed by atoms with van der Waals surface area (Å²) >= 11 is 4.87. The zero-order valence-electron chi connectivity index (χ0n) is 12.6. The van der Waals surface area contributed by atoms with Crippen LogP contribution in [0.15, 0.2) is 34.1 Å². The predicted molar refractivity (Wildman–Crippen MR) is 93.2 cm³/mol. The maximum atomic E-state index is 12.4. The lowest BCUT2D eigenvalue weighted by molar-refractivity contribution is -0.117. The summed E-state index contributed by atoms with van der Waals surface area (Å²) in [5.74, 6) is -1.57. The van der Waals surface area contributed by atoms with E-state index in [2.05, 4.69) is 21.2 Å². The van der Waals surface area contributed by atoms with E-state index in [-0.39, 0.29) is 24.0 Å². The highest BCUT2D eigenvalue weighted by Crippen LogP contribution is 2.29. The van der Waals surface area contributed by atoms with E-state index in [9.17, 15) is 9.59 Å². The first-order chi connectivity index (χ1) is 10.9. The van der Waals surface area contributed by atoms with Gasteiger partial charge in [-0.3, -0.25) is 4.79 Å². The third kappa shape index (κ3) is 4.63. The fraction of sp³-hybridized carbons (Fsp3) is 0.250. The Bertz CT molecular complexity index is 729. The third-order valence-corrected chi connectivity index (χ3v) is 5.04. The Morgan fingerprint density at radius 2 is 2.09 bits per heavy atom. The third-order valence-electron chi connectivity index (χ3n) is 3.23. The molecule has 1 aromatic heterocycles. The van der Waals surface area contributed by atoms with Crippen LogP contribution < -0.4 is 5.32 Å². The van der Waals surface area contributed by atoms with Gasteiger partial charge in [-0.05, 0) is 58.7 Å². The lowest BCUT2D eigenvalue weighted by Gasteiger charge is -2.12. The molecule has 2 rings (SSSR count). The molecule has 0 radical (unpaired) electrons. The number of anilines is 1.